The van der Waals surface area contributed by atoms with Crippen molar-refractivity contribution in [2.45, 2.75) is 31.3 Å². The Morgan fingerprint density at radius 2 is 2.36 bits per heavy atom. The summed E-state index contributed by atoms with van der Waals surface area (Å²) in [5.74, 6) is 0. The van der Waals surface area contributed by atoms with Gasteiger partial charge in [-0.3, -0.25) is 4.40 Å². The number of ether oxygens (including phenoxy) is 1. The minimum absolute atomic E-state index is 0.0599. The number of hydrogen-bond donors (Lipinski definition) is 2. The van der Waals surface area contributed by atoms with Crippen LogP contribution < -0.4 is 10.6 Å². The maximum Gasteiger partial charge on any atom is 0.407 e. The van der Waals surface area contributed by atoms with Gasteiger partial charge in [-0.1, -0.05) is 0 Å². The third-order valence-electron chi connectivity index (χ3n) is 4.85. The Labute approximate surface area is 149 Å². The van der Waals surface area contributed by atoms with E-state index in [9.17, 15) is 9.59 Å². The summed E-state index contributed by atoms with van der Waals surface area (Å²) in [5, 5.41) is 7.69. The van der Waals surface area contributed by atoms with Gasteiger partial charge < -0.3 is 20.3 Å². The maximum atomic E-state index is 12.4. The van der Waals surface area contributed by atoms with Crippen LogP contribution in [0.25, 0.3) is 4.96 Å². The molecule has 0 aromatic carbocycles. The van der Waals surface area contributed by atoms with Crippen molar-refractivity contribution < 1.29 is 14.3 Å². The van der Waals surface area contributed by atoms with E-state index in [1.54, 1.807) is 11.3 Å². The number of carbonyl (C=O) groups excluding carboxylic acids is 2. The molecule has 2 aliphatic heterocycles. The van der Waals surface area contributed by atoms with Crippen molar-refractivity contribution in [3.8, 4) is 0 Å². The smallest absolute Gasteiger partial charge is 0.407 e. The van der Waals surface area contributed by atoms with E-state index >= 15 is 0 Å². The molecule has 4 heterocycles. The summed E-state index contributed by atoms with van der Waals surface area (Å²) in [6.45, 7) is 2.38. The monoisotopic (exact) mass is 363 g/mol. The molecule has 0 aliphatic carbocycles. The van der Waals surface area contributed by atoms with Crippen LogP contribution in [-0.2, 0) is 11.2 Å². The number of imidazole rings is 1. The second-order valence-electron chi connectivity index (χ2n) is 6.57. The summed E-state index contributed by atoms with van der Waals surface area (Å²) in [5.41, 5.74) is 0.541. The van der Waals surface area contributed by atoms with Gasteiger partial charge in [-0.2, -0.15) is 0 Å². The Hall–Kier alpha value is -2.29. The highest BCUT2D eigenvalue weighted by molar-refractivity contribution is 7.15. The number of hydrogen-bond acceptors (Lipinski definition) is 5. The van der Waals surface area contributed by atoms with Crippen molar-refractivity contribution in [2.24, 2.45) is 0 Å². The summed E-state index contributed by atoms with van der Waals surface area (Å²) in [6, 6.07) is -0.0599. The third-order valence-corrected chi connectivity index (χ3v) is 5.62. The molecule has 2 aliphatic rings. The molecular formula is C16H21N5O3S. The number of carbonyl (C=O) groups is 2. The molecule has 3 amide bonds. The Bertz CT molecular complexity index is 759. The molecule has 0 bridgehead atoms. The Balaban J connectivity index is 1.26. The first kappa shape index (κ1) is 16.2. The number of aromatic nitrogens is 2. The second kappa shape index (κ2) is 6.55. The number of amides is 3. The van der Waals surface area contributed by atoms with E-state index < -0.39 is 5.60 Å². The molecule has 2 aromatic heterocycles. The summed E-state index contributed by atoms with van der Waals surface area (Å²) in [7, 11) is 0. The molecule has 0 radical (unpaired) electrons. The average molecular weight is 363 g/mol. The number of nitrogens with zero attached hydrogens (tertiary/aromatic N) is 3. The zero-order valence-electron chi connectivity index (χ0n) is 13.9. The predicted molar refractivity (Wildman–Crippen MR) is 92.8 cm³/mol. The van der Waals surface area contributed by atoms with Gasteiger partial charge in [-0.15, -0.1) is 11.3 Å². The molecule has 134 valence electrons. The van der Waals surface area contributed by atoms with Crippen LogP contribution in [-0.4, -0.2) is 58.2 Å². The van der Waals surface area contributed by atoms with E-state index in [0.29, 0.717) is 39.0 Å². The zero-order valence-corrected chi connectivity index (χ0v) is 14.7. The van der Waals surface area contributed by atoms with Gasteiger partial charge in [-0.05, 0) is 12.8 Å². The number of fused-ring (bicyclic) bond motifs is 1. The summed E-state index contributed by atoms with van der Waals surface area (Å²) in [4.78, 5) is 31.0. The third kappa shape index (κ3) is 3.41. The van der Waals surface area contributed by atoms with E-state index in [1.807, 2.05) is 27.1 Å². The molecule has 9 heteroatoms. The van der Waals surface area contributed by atoms with Gasteiger partial charge in [-0.25, -0.2) is 14.6 Å². The highest BCUT2D eigenvalue weighted by Gasteiger charge is 2.41. The van der Waals surface area contributed by atoms with Gasteiger partial charge in [0, 0.05) is 50.2 Å². The van der Waals surface area contributed by atoms with Crippen molar-refractivity contribution in [3.05, 3.63) is 23.5 Å². The molecule has 0 unspecified atom stereocenters. The number of urea groups is 1. The number of thiazole rings is 1. The van der Waals surface area contributed by atoms with Gasteiger partial charge in [0.25, 0.3) is 0 Å². The van der Waals surface area contributed by atoms with Crippen LogP contribution in [0.3, 0.4) is 0 Å². The fourth-order valence-electron chi connectivity index (χ4n) is 3.46. The standard InChI is InChI=1S/C16H21N5O3S/c22-13(17-5-2-12-10-21-8-9-25-14(21)19-12)20-6-1-3-16(4-7-20)11-18-15(23)24-16/h8-10H,1-7,11H2,(H,17,22)(H,18,23)/t16-/m0/s1. The lowest BCUT2D eigenvalue weighted by Crippen LogP contribution is -2.42. The molecule has 1 atom stereocenters. The molecule has 1 spiro atoms. The fraction of sp³-hybridized carbons (Fsp3) is 0.562. The van der Waals surface area contributed by atoms with Crippen LogP contribution in [0, 0.1) is 0 Å². The minimum Gasteiger partial charge on any atom is -0.441 e. The lowest BCUT2D eigenvalue weighted by Gasteiger charge is -2.25. The predicted octanol–water partition coefficient (Wildman–Crippen LogP) is 1.61. The van der Waals surface area contributed by atoms with Crippen molar-refractivity contribution in [3.63, 3.8) is 0 Å². The summed E-state index contributed by atoms with van der Waals surface area (Å²) in [6.07, 6.45) is 6.64. The summed E-state index contributed by atoms with van der Waals surface area (Å²) >= 11 is 1.60. The number of likely N-dealkylation sites (tertiary alicyclic amines) is 1. The number of nitrogens with one attached hydrogen (secondary N) is 2. The normalized spacial score (nSPS) is 23.5. The molecule has 4 rings (SSSR count). The quantitative estimate of drug-likeness (QED) is 0.867. The first-order valence-corrected chi connectivity index (χ1v) is 9.42. The van der Waals surface area contributed by atoms with Gasteiger partial charge in [0.15, 0.2) is 4.96 Å². The molecule has 25 heavy (non-hydrogen) atoms. The van der Waals surface area contributed by atoms with Crippen LogP contribution in [0.4, 0.5) is 9.59 Å². The topological polar surface area (TPSA) is 88.0 Å². The van der Waals surface area contributed by atoms with Gasteiger partial charge in [0.05, 0.1) is 12.2 Å². The largest absolute Gasteiger partial charge is 0.441 e. The SMILES string of the molecule is O=C1NC[C@@]2(CCCN(C(=O)NCCc3cn4ccsc4n3)CC2)O1. The zero-order chi connectivity index (χ0) is 17.3. The molecule has 2 N–H and O–H groups in total. The van der Waals surface area contributed by atoms with Crippen LogP contribution in [0.2, 0.25) is 0 Å². The maximum absolute atomic E-state index is 12.4. The molecule has 2 aromatic rings. The van der Waals surface area contributed by atoms with Crippen LogP contribution >= 0.6 is 11.3 Å². The van der Waals surface area contributed by atoms with E-state index in [2.05, 4.69) is 15.6 Å². The van der Waals surface area contributed by atoms with Crippen molar-refractivity contribution in [1.82, 2.24) is 24.9 Å². The van der Waals surface area contributed by atoms with Crippen molar-refractivity contribution in [1.29, 1.82) is 0 Å². The molecular weight excluding hydrogens is 342 g/mol. The molecule has 2 fully saturated rings. The van der Waals surface area contributed by atoms with E-state index in [0.717, 1.165) is 23.5 Å². The van der Waals surface area contributed by atoms with Crippen molar-refractivity contribution in [2.75, 3.05) is 26.2 Å². The number of alkyl carbamates (subject to hydrolysis) is 1. The average Bonchev–Trinajstić information content (AvgIpc) is 3.21. The lowest BCUT2D eigenvalue weighted by molar-refractivity contribution is 0.0453. The molecule has 0 saturated carbocycles. The Morgan fingerprint density at radius 1 is 1.44 bits per heavy atom. The van der Waals surface area contributed by atoms with Gasteiger partial charge >= 0.3 is 12.1 Å². The van der Waals surface area contributed by atoms with E-state index in [1.165, 1.54) is 0 Å². The highest BCUT2D eigenvalue weighted by atomic mass is 32.1. The van der Waals surface area contributed by atoms with E-state index in [-0.39, 0.29) is 12.1 Å². The minimum atomic E-state index is -0.436. The van der Waals surface area contributed by atoms with Crippen molar-refractivity contribution >= 4 is 28.4 Å². The first-order chi connectivity index (χ1) is 12.1. The Kier molecular flexibility index (Phi) is 4.24. The van der Waals surface area contributed by atoms with Crippen LogP contribution in [0.15, 0.2) is 17.8 Å². The molecule has 8 nitrogen and oxygen atoms in total. The van der Waals surface area contributed by atoms with Gasteiger partial charge in [0.1, 0.15) is 5.60 Å². The van der Waals surface area contributed by atoms with Gasteiger partial charge in [0.2, 0.25) is 0 Å². The number of rotatable bonds is 3. The first-order valence-electron chi connectivity index (χ1n) is 8.54. The lowest BCUT2D eigenvalue weighted by atomic mass is 9.95. The fourth-order valence-corrected chi connectivity index (χ4v) is 4.18. The highest BCUT2D eigenvalue weighted by Crippen LogP contribution is 2.29. The van der Waals surface area contributed by atoms with Crippen LogP contribution in [0.1, 0.15) is 25.0 Å². The second-order valence-corrected chi connectivity index (χ2v) is 7.45. The molecule has 2 saturated heterocycles. The van der Waals surface area contributed by atoms with E-state index in [4.69, 9.17) is 4.74 Å². The Morgan fingerprint density at radius 3 is 3.16 bits per heavy atom. The summed E-state index contributed by atoms with van der Waals surface area (Å²) < 4.78 is 7.43. The van der Waals surface area contributed by atoms with Crippen LogP contribution in [0.5, 0.6) is 0 Å².